The van der Waals surface area contributed by atoms with Crippen LogP contribution in [0.2, 0.25) is 0 Å². The molecule has 1 saturated carbocycles. The van der Waals surface area contributed by atoms with Gasteiger partial charge in [-0.05, 0) is 51.0 Å². The largest absolute Gasteiger partial charge is 0.383 e. The Hall–Kier alpha value is -3.01. The molecule has 35 heavy (non-hydrogen) atoms. The lowest BCUT2D eigenvalue weighted by Gasteiger charge is -2.25. The maximum atomic E-state index is 14.0. The van der Waals surface area contributed by atoms with Crippen molar-refractivity contribution in [1.82, 2.24) is 19.5 Å². The van der Waals surface area contributed by atoms with E-state index >= 15 is 0 Å². The number of anilines is 2. The zero-order valence-corrected chi connectivity index (χ0v) is 21.9. The number of aromatic amines is 1. The van der Waals surface area contributed by atoms with Crippen LogP contribution < -0.4 is 21.9 Å². The van der Waals surface area contributed by atoms with Gasteiger partial charge in [0.2, 0.25) is 0 Å². The Balaban J connectivity index is 1.84. The predicted octanol–water partition coefficient (Wildman–Crippen LogP) is 4.11. The van der Waals surface area contributed by atoms with Gasteiger partial charge in [-0.15, -0.1) is 11.3 Å². The highest BCUT2D eigenvalue weighted by molar-refractivity contribution is 7.20. The van der Waals surface area contributed by atoms with Crippen LogP contribution in [0.4, 0.5) is 11.5 Å². The standard InChI is InChI=1S/C25H34N6O3S/c1-6-7-11-31-20(26)18(22(32)29-25(31)34)30(12-10-13(2)3)24(33)19-14(4)17-15(5)27-21(16-8-9-16)28-23(17)35-19/h13,16H,6-12,26H2,1-5H3,(H,29,32,34). The van der Waals surface area contributed by atoms with Crippen molar-refractivity contribution in [3.63, 3.8) is 0 Å². The SMILES string of the molecule is CCCCn1c(N)c(N(CCC(C)C)C(=O)c2sc3nc(C4CC4)nc(C)c3c2C)c(=O)[nH]c1=O. The molecule has 1 aliphatic carbocycles. The molecule has 4 rings (SSSR count). The van der Waals surface area contributed by atoms with Gasteiger partial charge < -0.3 is 5.73 Å². The molecule has 3 heterocycles. The lowest BCUT2D eigenvalue weighted by Crippen LogP contribution is -2.42. The minimum atomic E-state index is -0.650. The molecule has 0 bridgehead atoms. The lowest BCUT2D eigenvalue weighted by molar-refractivity contribution is 0.0989. The number of unbranched alkanes of at least 4 members (excludes halogenated alkanes) is 1. The molecule has 0 aromatic carbocycles. The predicted molar refractivity (Wildman–Crippen MR) is 141 cm³/mol. The van der Waals surface area contributed by atoms with E-state index in [0.29, 0.717) is 36.2 Å². The van der Waals surface area contributed by atoms with E-state index in [0.717, 1.165) is 53.0 Å². The van der Waals surface area contributed by atoms with Crippen LogP contribution in [-0.2, 0) is 6.54 Å². The van der Waals surface area contributed by atoms with Crippen LogP contribution in [0.5, 0.6) is 0 Å². The summed E-state index contributed by atoms with van der Waals surface area (Å²) in [6.07, 6.45) is 4.46. The van der Waals surface area contributed by atoms with Gasteiger partial charge in [-0.1, -0.05) is 27.2 Å². The number of fused-ring (bicyclic) bond motifs is 1. The van der Waals surface area contributed by atoms with Gasteiger partial charge in [-0.3, -0.25) is 24.0 Å². The summed E-state index contributed by atoms with van der Waals surface area (Å²) in [5.41, 5.74) is 6.87. The minimum absolute atomic E-state index is 0.0232. The number of aromatic nitrogens is 4. The van der Waals surface area contributed by atoms with E-state index in [1.807, 2.05) is 20.8 Å². The van der Waals surface area contributed by atoms with E-state index in [1.165, 1.54) is 20.8 Å². The Kier molecular flexibility index (Phi) is 7.12. The molecular formula is C25H34N6O3S. The molecule has 10 heteroatoms. The van der Waals surface area contributed by atoms with Gasteiger partial charge in [-0.2, -0.15) is 0 Å². The number of aryl methyl sites for hydroxylation is 2. The third kappa shape index (κ3) is 4.89. The van der Waals surface area contributed by atoms with Crippen LogP contribution in [0, 0.1) is 19.8 Å². The van der Waals surface area contributed by atoms with E-state index < -0.39 is 11.2 Å². The minimum Gasteiger partial charge on any atom is -0.383 e. The van der Waals surface area contributed by atoms with E-state index in [9.17, 15) is 14.4 Å². The lowest BCUT2D eigenvalue weighted by atomic mass is 10.1. The molecule has 0 atom stereocenters. The van der Waals surface area contributed by atoms with Crippen molar-refractivity contribution < 1.29 is 4.79 Å². The quantitative estimate of drug-likeness (QED) is 0.457. The van der Waals surface area contributed by atoms with Gasteiger partial charge in [0.25, 0.3) is 11.5 Å². The van der Waals surface area contributed by atoms with Gasteiger partial charge in [0, 0.05) is 24.4 Å². The maximum Gasteiger partial charge on any atom is 0.330 e. The van der Waals surface area contributed by atoms with Crippen molar-refractivity contribution in [2.45, 2.75) is 79.2 Å². The molecule has 1 fully saturated rings. The first-order chi connectivity index (χ1) is 16.6. The number of hydrogen-bond donors (Lipinski definition) is 2. The first-order valence-corrected chi connectivity index (χ1v) is 13.2. The van der Waals surface area contributed by atoms with Crippen molar-refractivity contribution in [3.05, 3.63) is 42.8 Å². The van der Waals surface area contributed by atoms with E-state index in [4.69, 9.17) is 15.7 Å². The Morgan fingerprint density at radius 2 is 1.97 bits per heavy atom. The summed E-state index contributed by atoms with van der Waals surface area (Å²) in [5, 5.41) is 0.890. The number of nitrogens with zero attached hydrogens (tertiary/aromatic N) is 4. The topological polar surface area (TPSA) is 127 Å². The number of nitrogens with one attached hydrogen (secondary N) is 1. The first-order valence-electron chi connectivity index (χ1n) is 12.4. The van der Waals surface area contributed by atoms with Crippen LogP contribution in [-0.4, -0.2) is 32.0 Å². The number of nitrogen functional groups attached to an aromatic ring is 1. The summed E-state index contributed by atoms with van der Waals surface area (Å²) < 4.78 is 1.35. The smallest absolute Gasteiger partial charge is 0.330 e. The Labute approximate surface area is 208 Å². The fraction of sp³-hybridized carbons (Fsp3) is 0.560. The summed E-state index contributed by atoms with van der Waals surface area (Å²) in [7, 11) is 0. The summed E-state index contributed by atoms with van der Waals surface area (Å²) in [6, 6.07) is 0. The van der Waals surface area contributed by atoms with Gasteiger partial charge in [-0.25, -0.2) is 14.8 Å². The Bertz CT molecular complexity index is 1380. The van der Waals surface area contributed by atoms with E-state index in [2.05, 4.69) is 18.8 Å². The number of carbonyl (C=O) groups is 1. The first kappa shape index (κ1) is 25.1. The Morgan fingerprint density at radius 3 is 2.60 bits per heavy atom. The molecule has 188 valence electrons. The van der Waals surface area contributed by atoms with E-state index in [-0.39, 0.29) is 17.4 Å². The molecule has 0 spiro atoms. The fourth-order valence-corrected chi connectivity index (χ4v) is 5.48. The third-order valence-corrected chi connectivity index (χ3v) is 7.69. The average molecular weight is 499 g/mol. The average Bonchev–Trinajstić information content (AvgIpc) is 3.58. The van der Waals surface area contributed by atoms with Crippen molar-refractivity contribution in [1.29, 1.82) is 0 Å². The molecule has 0 saturated heterocycles. The highest BCUT2D eigenvalue weighted by Crippen LogP contribution is 2.40. The van der Waals surface area contributed by atoms with Crippen LogP contribution in [0.15, 0.2) is 9.59 Å². The molecule has 1 amide bonds. The number of hydrogen-bond acceptors (Lipinski definition) is 7. The summed E-state index contributed by atoms with van der Waals surface area (Å²) >= 11 is 1.33. The van der Waals surface area contributed by atoms with E-state index in [1.54, 1.807) is 0 Å². The van der Waals surface area contributed by atoms with Gasteiger partial charge >= 0.3 is 5.69 Å². The van der Waals surface area contributed by atoms with Crippen molar-refractivity contribution in [2.24, 2.45) is 5.92 Å². The second-order valence-corrected chi connectivity index (χ2v) is 10.8. The molecule has 9 nitrogen and oxygen atoms in total. The zero-order chi connectivity index (χ0) is 25.4. The second-order valence-electron chi connectivity index (χ2n) is 9.82. The highest BCUT2D eigenvalue weighted by Gasteiger charge is 2.31. The number of nitrogens with two attached hydrogens (primary N) is 1. The van der Waals surface area contributed by atoms with Crippen LogP contribution in [0.1, 0.15) is 85.5 Å². The van der Waals surface area contributed by atoms with Gasteiger partial charge in [0.05, 0.1) is 10.6 Å². The number of H-pyrrole nitrogens is 1. The number of amides is 1. The molecule has 3 N–H and O–H groups in total. The summed E-state index contributed by atoms with van der Waals surface area (Å²) in [4.78, 5) is 54.0. The maximum absolute atomic E-state index is 14.0. The molecule has 3 aromatic rings. The van der Waals surface area contributed by atoms with Crippen molar-refractivity contribution in [2.75, 3.05) is 17.2 Å². The molecule has 3 aromatic heterocycles. The molecule has 1 aliphatic rings. The normalized spacial score (nSPS) is 13.7. The van der Waals surface area contributed by atoms with Crippen molar-refractivity contribution in [3.8, 4) is 0 Å². The molecule has 0 unspecified atom stereocenters. The number of thiophene rings is 1. The fourth-order valence-electron chi connectivity index (χ4n) is 4.29. The molecular weight excluding hydrogens is 464 g/mol. The van der Waals surface area contributed by atoms with Crippen LogP contribution in [0.25, 0.3) is 10.2 Å². The van der Waals surface area contributed by atoms with Gasteiger partial charge in [0.1, 0.15) is 16.5 Å². The molecule has 0 aliphatic heterocycles. The number of carbonyl (C=O) groups excluding carboxylic acids is 1. The third-order valence-electron chi connectivity index (χ3n) is 6.52. The highest BCUT2D eigenvalue weighted by atomic mass is 32.1. The summed E-state index contributed by atoms with van der Waals surface area (Å²) in [6.45, 7) is 10.7. The van der Waals surface area contributed by atoms with Crippen molar-refractivity contribution >= 4 is 39.0 Å². The monoisotopic (exact) mass is 498 g/mol. The molecule has 0 radical (unpaired) electrons. The second kappa shape index (κ2) is 9.93. The summed E-state index contributed by atoms with van der Waals surface area (Å²) in [5.74, 6) is 1.26. The van der Waals surface area contributed by atoms with Gasteiger partial charge in [0.15, 0.2) is 5.69 Å². The Morgan fingerprint density at radius 1 is 1.26 bits per heavy atom. The van der Waals surface area contributed by atoms with Crippen LogP contribution in [0.3, 0.4) is 0 Å². The zero-order valence-electron chi connectivity index (χ0n) is 21.1. The number of rotatable bonds is 9. The van der Waals surface area contributed by atoms with Crippen LogP contribution >= 0.6 is 11.3 Å².